The first-order chi connectivity index (χ1) is 8.78. The average Bonchev–Trinajstić information content (AvgIpc) is 2.41. The lowest BCUT2D eigenvalue weighted by molar-refractivity contribution is 0.231. The smallest absolute Gasteiger partial charge is 0.293 e. The maximum Gasteiger partial charge on any atom is 0.293 e. The fourth-order valence-electron chi connectivity index (χ4n) is 2.34. The molecule has 0 heterocycles. The molecule has 0 aliphatic carbocycles. The molecular weight excluding hydrogens is 219 g/mol. The average molecular weight is 254 g/mol. The van der Waals surface area contributed by atoms with Gasteiger partial charge in [-0.2, -0.15) is 0 Å². The minimum Gasteiger partial charge on any atom is -0.436 e. The molecule has 0 bridgehead atoms. The zero-order valence-electron chi connectivity index (χ0n) is 13.3. The van der Waals surface area contributed by atoms with Gasteiger partial charge in [0.2, 0.25) is 0 Å². The molecule has 0 radical (unpaired) electrons. The third kappa shape index (κ3) is 9.99. The summed E-state index contributed by atoms with van der Waals surface area (Å²) in [5.41, 5.74) is 0. The van der Waals surface area contributed by atoms with E-state index in [1.807, 2.05) is 0 Å². The van der Waals surface area contributed by atoms with Crippen LogP contribution < -0.4 is 0 Å². The largest absolute Gasteiger partial charge is 0.436 e. The Bertz CT molecular complexity index is 153. The van der Waals surface area contributed by atoms with Crippen molar-refractivity contribution in [2.75, 3.05) is 6.61 Å². The number of hydrogen-bond acceptors (Lipinski definition) is 1. The van der Waals surface area contributed by atoms with E-state index in [1.165, 1.54) is 64.0 Å². The molecule has 1 unspecified atom stereocenters. The molecule has 2 heteroatoms. The zero-order chi connectivity index (χ0) is 13.6. The third-order valence-electron chi connectivity index (χ3n) is 3.87. The zero-order valence-corrected chi connectivity index (χ0v) is 13.3. The van der Waals surface area contributed by atoms with Gasteiger partial charge in [-0.25, -0.2) is 0 Å². The Morgan fingerprint density at radius 2 is 1.39 bits per heavy atom. The van der Waals surface area contributed by atoms with Gasteiger partial charge in [-0.1, -0.05) is 72.6 Å². The highest BCUT2D eigenvalue weighted by Gasteiger charge is 2.16. The molecule has 0 aliphatic rings. The molecule has 0 spiro atoms. The summed E-state index contributed by atoms with van der Waals surface area (Å²) < 4.78 is 6.20. The van der Waals surface area contributed by atoms with Crippen molar-refractivity contribution in [2.45, 2.75) is 91.7 Å². The number of hydrogen-bond donors (Lipinski definition) is 0. The van der Waals surface area contributed by atoms with Gasteiger partial charge < -0.3 is 4.65 Å². The Labute approximate surface area is 116 Å². The number of unbranched alkanes of at least 4 members (excludes halogenated alkanes) is 3. The molecule has 0 N–H and O–H groups in total. The molecule has 1 nitrogen and oxygen atoms in total. The van der Waals surface area contributed by atoms with Crippen LogP contribution in [0.25, 0.3) is 0 Å². The molecule has 0 aromatic heterocycles. The van der Waals surface area contributed by atoms with Crippen LogP contribution in [0.15, 0.2) is 0 Å². The second kappa shape index (κ2) is 13.5. The van der Waals surface area contributed by atoms with Gasteiger partial charge in [-0.05, 0) is 25.0 Å². The first-order valence-corrected chi connectivity index (χ1v) is 8.39. The Balaban J connectivity index is 3.88. The summed E-state index contributed by atoms with van der Waals surface area (Å²) in [6.07, 6.45) is 13.0. The van der Waals surface area contributed by atoms with Crippen molar-refractivity contribution in [3.8, 4) is 0 Å². The van der Waals surface area contributed by atoms with Gasteiger partial charge in [0.1, 0.15) is 0 Å². The van der Waals surface area contributed by atoms with E-state index in [-0.39, 0.29) is 0 Å². The van der Waals surface area contributed by atoms with Crippen molar-refractivity contribution < 1.29 is 4.65 Å². The van der Waals surface area contributed by atoms with E-state index in [1.54, 1.807) is 0 Å². The van der Waals surface area contributed by atoms with Gasteiger partial charge in [0.05, 0.1) is 0 Å². The summed E-state index contributed by atoms with van der Waals surface area (Å²) in [5, 5.41) is 0. The van der Waals surface area contributed by atoms with E-state index in [4.69, 9.17) is 4.65 Å². The fourth-order valence-corrected chi connectivity index (χ4v) is 2.34. The Morgan fingerprint density at radius 1 is 0.833 bits per heavy atom. The Morgan fingerprint density at radius 3 is 1.83 bits per heavy atom. The van der Waals surface area contributed by atoms with Crippen LogP contribution in [0.2, 0.25) is 12.6 Å². The van der Waals surface area contributed by atoms with Gasteiger partial charge in [0.25, 0.3) is 6.92 Å². The van der Waals surface area contributed by atoms with Crippen LogP contribution in [0, 0.1) is 5.92 Å². The number of rotatable bonds is 13. The van der Waals surface area contributed by atoms with Crippen molar-refractivity contribution in [1.29, 1.82) is 0 Å². The lowest BCUT2D eigenvalue weighted by Gasteiger charge is -2.19. The highest BCUT2D eigenvalue weighted by atomic mass is 16.4. The van der Waals surface area contributed by atoms with Crippen molar-refractivity contribution >= 4 is 6.92 Å². The van der Waals surface area contributed by atoms with Crippen LogP contribution in [-0.4, -0.2) is 13.5 Å². The lowest BCUT2D eigenvalue weighted by Crippen LogP contribution is -2.22. The predicted molar refractivity (Wildman–Crippen MR) is 84.4 cm³/mol. The minimum absolute atomic E-state index is 0.528. The molecule has 1 atom stereocenters. The summed E-state index contributed by atoms with van der Waals surface area (Å²) >= 11 is 0. The van der Waals surface area contributed by atoms with E-state index >= 15 is 0 Å². The van der Waals surface area contributed by atoms with E-state index < -0.39 is 0 Å². The highest BCUT2D eigenvalue weighted by Crippen LogP contribution is 2.17. The monoisotopic (exact) mass is 254 g/mol. The van der Waals surface area contributed by atoms with Crippen molar-refractivity contribution in [2.24, 2.45) is 5.92 Å². The van der Waals surface area contributed by atoms with Gasteiger partial charge >= 0.3 is 0 Å². The Hall–Kier alpha value is 0.0249. The van der Waals surface area contributed by atoms with Crippen LogP contribution in [0.5, 0.6) is 0 Å². The molecule has 0 rings (SSSR count). The highest BCUT2D eigenvalue weighted by molar-refractivity contribution is 6.51. The van der Waals surface area contributed by atoms with E-state index in [0.717, 1.165) is 12.5 Å². The first kappa shape index (κ1) is 18.0. The summed E-state index contributed by atoms with van der Waals surface area (Å²) in [7, 11) is 0. The van der Waals surface area contributed by atoms with Crippen molar-refractivity contribution in [3.05, 3.63) is 0 Å². The summed E-state index contributed by atoms with van der Waals surface area (Å²) in [6.45, 7) is 10.6. The molecular formula is C16H35BO. The van der Waals surface area contributed by atoms with Gasteiger partial charge in [0.15, 0.2) is 0 Å². The van der Waals surface area contributed by atoms with Crippen molar-refractivity contribution in [1.82, 2.24) is 0 Å². The molecule has 0 saturated carbocycles. The molecule has 0 amide bonds. The third-order valence-corrected chi connectivity index (χ3v) is 3.87. The van der Waals surface area contributed by atoms with Gasteiger partial charge in [-0.3, -0.25) is 0 Å². The lowest BCUT2D eigenvalue weighted by atomic mass is 9.59. The second-order valence-electron chi connectivity index (χ2n) is 5.66. The van der Waals surface area contributed by atoms with Gasteiger partial charge in [0, 0.05) is 6.61 Å². The summed E-state index contributed by atoms with van der Waals surface area (Å²) in [4.78, 5) is 0. The molecule has 108 valence electrons. The van der Waals surface area contributed by atoms with Crippen LogP contribution in [-0.2, 0) is 4.65 Å². The maximum absolute atomic E-state index is 6.20. The standard InChI is InChI=1S/C16H35BO/c1-5-9-12-16(8-4)15-18-17(13-10-6-2)14-11-7-3/h16H,5-15H2,1-4H3. The van der Waals surface area contributed by atoms with Crippen molar-refractivity contribution in [3.63, 3.8) is 0 Å². The Kier molecular flexibility index (Phi) is 13.5. The topological polar surface area (TPSA) is 9.23 Å². The van der Waals surface area contributed by atoms with Crippen LogP contribution in [0.3, 0.4) is 0 Å². The second-order valence-corrected chi connectivity index (χ2v) is 5.66. The molecule has 0 saturated heterocycles. The van der Waals surface area contributed by atoms with Crippen LogP contribution in [0.1, 0.15) is 79.1 Å². The molecule has 0 aliphatic heterocycles. The van der Waals surface area contributed by atoms with E-state index in [9.17, 15) is 0 Å². The normalized spacial score (nSPS) is 12.7. The summed E-state index contributed by atoms with van der Waals surface area (Å²) in [6, 6.07) is 0. The maximum atomic E-state index is 6.20. The summed E-state index contributed by atoms with van der Waals surface area (Å²) in [5.74, 6) is 0.788. The van der Waals surface area contributed by atoms with Crippen LogP contribution in [0.4, 0.5) is 0 Å². The van der Waals surface area contributed by atoms with Crippen LogP contribution >= 0.6 is 0 Å². The molecule has 0 fully saturated rings. The first-order valence-electron chi connectivity index (χ1n) is 8.39. The predicted octanol–water partition coefficient (Wildman–Crippen LogP) is 5.81. The molecule has 0 aromatic rings. The molecule has 0 aromatic carbocycles. The SMILES string of the molecule is CCCCB(CCCC)OCC(CC)CCCC. The fraction of sp³-hybridized carbons (Fsp3) is 1.00. The molecule has 18 heavy (non-hydrogen) atoms. The van der Waals surface area contributed by atoms with E-state index in [0.29, 0.717) is 6.92 Å². The van der Waals surface area contributed by atoms with E-state index in [2.05, 4.69) is 27.7 Å². The quantitative estimate of drug-likeness (QED) is 0.377. The van der Waals surface area contributed by atoms with Gasteiger partial charge in [-0.15, -0.1) is 0 Å². The minimum atomic E-state index is 0.528.